The van der Waals surface area contributed by atoms with Crippen LogP contribution in [0.15, 0.2) is 29.3 Å². The van der Waals surface area contributed by atoms with Crippen molar-refractivity contribution >= 4 is 23.3 Å². The van der Waals surface area contributed by atoms with Crippen LogP contribution in [-0.4, -0.2) is 44.2 Å². The maximum Gasteiger partial charge on any atom is 0.350 e. The molecule has 0 aliphatic heterocycles. The number of esters is 1. The Morgan fingerprint density at radius 1 is 1.36 bits per heavy atom. The third kappa shape index (κ3) is 5.69. The van der Waals surface area contributed by atoms with E-state index in [9.17, 15) is 4.79 Å². The van der Waals surface area contributed by atoms with Gasteiger partial charge in [-0.05, 0) is 38.8 Å². The van der Waals surface area contributed by atoms with Gasteiger partial charge < -0.3 is 20.1 Å². The number of carbonyl (C=O) groups excluding carboxylic acids is 1. The highest BCUT2D eigenvalue weighted by atomic mass is 32.1. The predicted molar refractivity (Wildman–Crippen MR) is 112 cm³/mol. The quantitative estimate of drug-likeness (QED) is 0.400. The molecule has 1 atom stereocenters. The van der Waals surface area contributed by atoms with Gasteiger partial charge in [0.2, 0.25) is 0 Å². The zero-order chi connectivity index (χ0) is 20.5. The Morgan fingerprint density at radius 2 is 2.11 bits per heavy atom. The number of carbonyl (C=O) groups is 1. The van der Waals surface area contributed by atoms with E-state index in [1.54, 1.807) is 21.1 Å². The van der Waals surface area contributed by atoms with Gasteiger partial charge in [0.25, 0.3) is 0 Å². The Balaban J connectivity index is 1.93. The summed E-state index contributed by atoms with van der Waals surface area (Å²) in [5.74, 6) is 1.23. The summed E-state index contributed by atoms with van der Waals surface area (Å²) in [6.45, 7) is 6.65. The lowest BCUT2D eigenvalue weighted by atomic mass is 10.1. The molecule has 1 heterocycles. The first-order valence-electron chi connectivity index (χ1n) is 9.23. The van der Waals surface area contributed by atoms with Crippen molar-refractivity contribution in [3.05, 3.63) is 45.4 Å². The molecule has 2 rings (SSSR count). The molecule has 2 N–H and O–H groups in total. The largest absolute Gasteiger partial charge is 0.496 e. The summed E-state index contributed by atoms with van der Waals surface area (Å²) in [7, 11) is 3.40. The molecule has 1 unspecified atom stereocenters. The molecule has 152 valence electrons. The minimum Gasteiger partial charge on any atom is -0.496 e. The van der Waals surface area contributed by atoms with E-state index >= 15 is 0 Å². The molecule has 1 aromatic heterocycles. The molecule has 0 saturated heterocycles. The number of thiazole rings is 1. The van der Waals surface area contributed by atoms with Crippen molar-refractivity contribution in [3.63, 3.8) is 0 Å². The molecule has 0 fully saturated rings. The molecule has 0 saturated carbocycles. The molecule has 0 aliphatic carbocycles. The van der Waals surface area contributed by atoms with E-state index in [0.717, 1.165) is 22.7 Å². The third-order valence-corrected chi connectivity index (χ3v) is 5.42. The van der Waals surface area contributed by atoms with E-state index in [1.165, 1.54) is 11.3 Å². The topological polar surface area (TPSA) is 84.8 Å². The van der Waals surface area contributed by atoms with Gasteiger partial charge in [0, 0.05) is 13.6 Å². The van der Waals surface area contributed by atoms with Crippen LogP contribution in [0.2, 0.25) is 0 Å². The number of nitrogens with zero attached hydrogens (tertiary/aromatic N) is 2. The van der Waals surface area contributed by atoms with E-state index in [1.807, 2.05) is 32.0 Å². The number of hydrogen-bond acceptors (Lipinski definition) is 6. The molecule has 0 aliphatic rings. The van der Waals surface area contributed by atoms with Crippen molar-refractivity contribution in [2.75, 3.05) is 27.3 Å². The van der Waals surface area contributed by atoms with Crippen molar-refractivity contribution in [2.24, 2.45) is 4.99 Å². The van der Waals surface area contributed by atoms with E-state index < -0.39 is 0 Å². The Labute approximate surface area is 170 Å². The summed E-state index contributed by atoms with van der Waals surface area (Å²) >= 11 is 1.35. The number of rotatable bonds is 8. The van der Waals surface area contributed by atoms with Gasteiger partial charge in [0.1, 0.15) is 15.6 Å². The number of methoxy groups -OCH3 is 1. The van der Waals surface area contributed by atoms with Gasteiger partial charge in [0.05, 0.1) is 25.5 Å². The van der Waals surface area contributed by atoms with Crippen molar-refractivity contribution in [1.82, 2.24) is 15.6 Å². The molecule has 0 spiro atoms. The monoisotopic (exact) mass is 404 g/mol. The van der Waals surface area contributed by atoms with E-state index in [4.69, 9.17) is 9.47 Å². The van der Waals surface area contributed by atoms with Crippen LogP contribution in [0.1, 0.15) is 45.8 Å². The first-order valence-corrected chi connectivity index (χ1v) is 10.0. The lowest BCUT2D eigenvalue weighted by Gasteiger charge is -2.16. The lowest BCUT2D eigenvalue weighted by Crippen LogP contribution is -2.39. The molecular weight excluding hydrogens is 376 g/mol. The molecular formula is C20H28N4O3S. The number of para-hydroxylation sites is 1. The highest BCUT2D eigenvalue weighted by Crippen LogP contribution is 2.24. The number of hydrogen-bond donors (Lipinski definition) is 2. The second-order valence-electron chi connectivity index (χ2n) is 6.11. The minimum absolute atomic E-state index is 0.0932. The summed E-state index contributed by atoms with van der Waals surface area (Å²) in [6.07, 6.45) is 0.808. The summed E-state index contributed by atoms with van der Waals surface area (Å²) in [5, 5.41) is 7.43. The van der Waals surface area contributed by atoms with Gasteiger partial charge >= 0.3 is 5.97 Å². The summed E-state index contributed by atoms with van der Waals surface area (Å²) < 4.78 is 10.5. The van der Waals surface area contributed by atoms with Crippen LogP contribution in [0.4, 0.5) is 0 Å². The van der Waals surface area contributed by atoms with Gasteiger partial charge in [-0.2, -0.15) is 0 Å². The van der Waals surface area contributed by atoms with E-state index in [-0.39, 0.29) is 12.0 Å². The molecule has 2 aromatic rings. The number of aliphatic imine (C=N–C) groups is 1. The van der Waals surface area contributed by atoms with Gasteiger partial charge in [-0.25, -0.2) is 9.78 Å². The Bertz CT molecular complexity index is 820. The van der Waals surface area contributed by atoms with Crippen molar-refractivity contribution in [1.29, 1.82) is 0 Å². The predicted octanol–water partition coefficient (Wildman–Crippen LogP) is 3.11. The molecule has 28 heavy (non-hydrogen) atoms. The van der Waals surface area contributed by atoms with Crippen LogP contribution < -0.4 is 15.4 Å². The highest BCUT2D eigenvalue weighted by molar-refractivity contribution is 7.13. The summed E-state index contributed by atoms with van der Waals surface area (Å²) in [6, 6.07) is 7.87. The van der Waals surface area contributed by atoms with Gasteiger partial charge in [0.15, 0.2) is 5.96 Å². The van der Waals surface area contributed by atoms with Crippen LogP contribution in [0.3, 0.4) is 0 Å². The van der Waals surface area contributed by atoms with Crippen molar-refractivity contribution in [3.8, 4) is 5.75 Å². The Hall–Kier alpha value is -2.61. The second-order valence-corrected chi connectivity index (χ2v) is 7.14. The van der Waals surface area contributed by atoms with Gasteiger partial charge in [-0.3, -0.25) is 4.99 Å². The maximum atomic E-state index is 12.0. The number of ether oxygens (including phenoxy) is 2. The number of aryl methyl sites for hydroxylation is 1. The zero-order valence-electron chi connectivity index (χ0n) is 17.0. The van der Waals surface area contributed by atoms with Gasteiger partial charge in [-0.1, -0.05) is 18.2 Å². The third-order valence-electron chi connectivity index (χ3n) is 4.10. The molecule has 8 heteroatoms. The smallest absolute Gasteiger partial charge is 0.350 e. The number of benzene rings is 1. The molecule has 7 nitrogen and oxygen atoms in total. The molecule has 0 radical (unpaired) electrons. The fourth-order valence-electron chi connectivity index (χ4n) is 2.68. The van der Waals surface area contributed by atoms with Crippen molar-refractivity contribution < 1.29 is 14.3 Å². The number of aromatic nitrogens is 1. The maximum absolute atomic E-state index is 12.0. The normalized spacial score (nSPS) is 12.4. The standard InChI is InChI=1S/C20H28N4O3S/c1-6-27-19(25)17-13(2)23-18(28-17)14(3)24-20(21-4)22-12-11-15-9-7-8-10-16(15)26-5/h7-10,14H,6,11-12H2,1-5H3,(H2,21,22,24). The van der Waals surface area contributed by atoms with Crippen LogP contribution in [-0.2, 0) is 11.2 Å². The van der Waals surface area contributed by atoms with Crippen LogP contribution >= 0.6 is 11.3 Å². The van der Waals surface area contributed by atoms with Crippen LogP contribution in [0.25, 0.3) is 0 Å². The lowest BCUT2D eigenvalue weighted by molar-refractivity contribution is 0.0531. The fourth-order valence-corrected chi connectivity index (χ4v) is 3.64. The minimum atomic E-state index is -0.324. The molecule has 1 aromatic carbocycles. The second kappa shape index (κ2) is 10.7. The fraction of sp³-hybridized carbons (Fsp3) is 0.450. The van der Waals surface area contributed by atoms with E-state index in [2.05, 4.69) is 26.7 Å². The van der Waals surface area contributed by atoms with Crippen LogP contribution in [0, 0.1) is 6.92 Å². The first-order chi connectivity index (χ1) is 13.5. The SMILES string of the molecule is CCOC(=O)c1sc(C(C)NC(=NC)NCCc2ccccc2OC)nc1C. The Kier molecular flexibility index (Phi) is 8.25. The van der Waals surface area contributed by atoms with Crippen LogP contribution in [0.5, 0.6) is 5.75 Å². The van der Waals surface area contributed by atoms with Gasteiger partial charge in [-0.15, -0.1) is 11.3 Å². The van der Waals surface area contributed by atoms with E-state index in [0.29, 0.717) is 29.7 Å². The summed E-state index contributed by atoms with van der Waals surface area (Å²) in [4.78, 5) is 21.3. The first kappa shape index (κ1) is 21.7. The summed E-state index contributed by atoms with van der Waals surface area (Å²) in [5.41, 5.74) is 1.82. The number of nitrogens with one attached hydrogen (secondary N) is 2. The average Bonchev–Trinajstić information content (AvgIpc) is 3.09. The highest BCUT2D eigenvalue weighted by Gasteiger charge is 2.20. The molecule has 0 amide bonds. The Morgan fingerprint density at radius 3 is 2.79 bits per heavy atom. The average molecular weight is 405 g/mol. The molecule has 0 bridgehead atoms. The number of guanidine groups is 1. The van der Waals surface area contributed by atoms with Crippen molar-refractivity contribution in [2.45, 2.75) is 33.2 Å². The zero-order valence-corrected chi connectivity index (χ0v) is 17.9.